The van der Waals surface area contributed by atoms with Crippen molar-refractivity contribution in [2.45, 2.75) is 26.8 Å². The van der Waals surface area contributed by atoms with Crippen LogP contribution in [0.15, 0.2) is 30.5 Å². The minimum Gasteiger partial charge on any atom is -0.353 e. The van der Waals surface area contributed by atoms with Gasteiger partial charge in [0.1, 0.15) is 5.82 Å². The molecule has 0 aliphatic carbocycles. The van der Waals surface area contributed by atoms with E-state index in [0.717, 1.165) is 24.5 Å². The number of rotatable bonds is 6. The summed E-state index contributed by atoms with van der Waals surface area (Å²) in [6, 6.07) is 4.42. The van der Waals surface area contributed by atoms with Gasteiger partial charge in [0.25, 0.3) is 0 Å². The molecule has 0 aliphatic heterocycles. The lowest BCUT2D eigenvalue weighted by atomic mass is 10.1. The van der Waals surface area contributed by atoms with E-state index in [-0.39, 0.29) is 0 Å². The molecule has 1 heterocycles. The van der Waals surface area contributed by atoms with Crippen LogP contribution in [0.4, 0.5) is 5.82 Å². The van der Waals surface area contributed by atoms with Gasteiger partial charge in [0.15, 0.2) is 0 Å². The second-order valence-electron chi connectivity index (χ2n) is 4.40. The Morgan fingerprint density at radius 1 is 1.59 bits per heavy atom. The van der Waals surface area contributed by atoms with E-state index in [9.17, 15) is 0 Å². The number of likely N-dealkylation sites (N-methyl/N-ethyl adjacent to an activating group) is 1. The molecule has 1 aromatic heterocycles. The van der Waals surface area contributed by atoms with Crippen LogP contribution in [-0.4, -0.2) is 25.1 Å². The molecule has 0 fully saturated rings. The van der Waals surface area contributed by atoms with E-state index >= 15 is 0 Å². The highest BCUT2D eigenvalue weighted by Gasteiger charge is 2.14. The van der Waals surface area contributed by atoms with Gasteiger partial charge in [0.05, 0.1) is 0 Å². The second-order valence-corrected chi connectivity index (χ2v) is 4.40. The minimum atomic E-state index is 0.304. The molecule has 94 valence electrons. The number of anilines is 1. The first-order valence-corrected chi connectivity index (χ1v) is 6.11. The van der Waals surface area contributed by atoms with E-state index in [2.05, 4.69) is 41.7 Å². The first-order chi connectivity index (χ1) is 8.10. The Bertz CT molecular complexity index is 373. The van der Waals surface area contributed by atoms with Gasteiger partial charge in [-0.2, -0.15) is 0 Å². The van der Waals surface area contributed by atoms with Gasteiger partial charge in [-0.05, 0) is 33.9 Å². The lowest BCUT2D eigenvalue weighted by Gasteiger charge is -2.26. The minimum absolute atomic E-state index is 0.304. The Labute approximate surface area is 105 Å². The quantitative estimate of drug-likeness (QED) is 0.766. The fraction of sp³-hybridized carbons (Fsp3) is 0.500. The lowest BCUT2D eigenvalue weighted by molar-refractivity contribution is 0.645. The second kappa shape index (κ2) is 6.40. The van der Waals surface area contributed by atoms with Gasteiger partial charge in [0, 0.05) is 30.9 Å². The Morgan fingerprint density at radius 2 is 2.29 bits per heavy atom. The van der Waals surface area contributed by atoms with Gasteiger partial charge in [-0.3, -0.25) is 0 Å². The predicted molar refractivity (Wildman–Crippen MR) is 74.4 cm³/mol. The average molecular weight is 233 g/mol. The number of hydrogen-bond acceptors (Lipinski definition) is 3. The number of pyridine rings is 1. The van der Waals surface area contributed by atoms with Crippen LogP contribution in [0.1, 0.15) is 32.4 Å². The third-order valence-corrected chi connectivity index (χ3v) is 2.86. The zero-order chi connectivity index (χ0) is 12.8. The highest BCUT2D eigenvalue weighted by molar-refractivity contribution is 5.49. The van der Waals surface area contributed by atoms with E-state index in [1.54, 1.807) is 0 Å². The molecule has 0 amide bonds. The molecule has 1 unspecified atom stereocenters. The normalized spacial score (nSPS) is 12.2. The fourth-order valence-corrected chi connectivity index (χ4v) is 1.83. The van der Waals surface area contributed by atoms with Crippen molar-refractivity contribution >= 4 is 5.82 Å². The van der Waals surface area contributed by atoms with Crippen LogP contribution in [0.2, 0.25) is 0 Å². The summed E-state index contributed by atoms with van der Waals surface area (Å²) >= 11 is 0. The van der Waals surface area contributed by atoms with E-state index < -0.39 is 0 Å². The van der Waals surface area contributed by atoms with Crippen molar-refractivity contribution in [3.63, 3.8) is 0 Å². The smallest absolute Gasteiger partial charge is 0.133 e. The third kappa shape index (κ3) is 3.56. The number of hydrogen-bond donors (Lipinski definition) is 1. The third-order valence-electron chi connectivity index (χ3n) is 2.86. The molecule has 0 saturated heterocycles. The zero-order valence-corrected chi connectivity index (χ0v) is 11.3. The van der Waals surface area contributed by atoms with Crippen molar-refractivity contribution in [3.05, 3.63) is 36.0 Å². The van der Waals surface area contributed by atoms with Gasteiger partial charge in [-0.1, -0.05) is 18.2 Å². The maximum Gasteiger partial charge on any atom is 0.133 e. The molecule has 0 aromatic carbocycles. The molecule has 0 saturated carbocycles. The summed E-state index contributed by atoms with van der Waals surface area (Å²) < 4.78 is 0. The molecular formula is C14H23N3. The van der Waals surface area contributed by atoms with Crippen LogP contribution in [0.25, 0.3) is 0 Å². The summed E-state index contributed by atoms with van der Waals surface area (Å²) in [7, 11) is 1.97. The number of aromatic nitrogens is 1. The van der Waals surface area contributed by atoms with Gasteiger partial charge in [-0.25, -0.2) is 4.98 Å². The summed E-state index contributed by atoms with van der Waals surface area (Å²) in [4.78, 5) is 6.77. The van der Waals surface area contributed by atoms with Crippen LogP contribution in [-0.2, 0) is 0 Å². The Kier molecular flexibility index (Phi) is 5.16. The predicted octanol–water partition coefficient (Wildman–Crippen LogP) is 2.76. The van der Waals surface area contributed by atoms with Crippen molar-refractivity contribution in [1.82, 2.24) is 10.3 Å². The lowest BCUT2D eigenvalue weighted by Crippen LogP contribution is -2.28. The summed E-state index contributed by atoms with van der Waals surface area (Å²) in [6.45, 7) is 12.1. The fourth-order valence-electron chi connectivity index (χ4n) is 1.83. The maximum absolute atomic E-state index is 4.52. The van der Waals surface area contributed by atoms with Crippen molar-refractivity contribution in [2.24, 2.45) is 0 Å². The summed E-state index contributed by atoms with van der Waals surface area (Å²) in [6.07, 6.45) is 1.85. The van der Waals surface area contributed by atoms with Crippen molar-refractivity contribution in [2.75, 3.05) is 25.0 Å². The molecule has 1 N–H and O–H groups in total. The molecule has 1 atom stereocenters. The number of nitrogens with zero attached hydrogens (tertiary/aromatic N) is 2. The van der Waals surface area contributed by atoms with E-state index in [1.165, 1.54) is 5.56 Å². The van der Waals surface area contributed by atoms with Crippen LogP contribution < -0.4 is 10.2 Å². The van der Waals surface area contributed by atoms with E-state index in [4.69, 9.17) is 0 Å². The monoisotopic (exact) mass is 233 g/mol. The molecule has 17 heavy (non-hydrogen) atoms. The van der Waals surface area contributed by atoms with Crippen molar-refractivity contribution in [1.29, 1.82) is 0 Å². The molecule has 0 radical (unpaired) electrons. The molecule has 0 bridgehead atoms. The highest BCUT2D eigenvalue weighted by atomic mass is 15.2. The van der Waals surface area contributed by atoms with Crippen LogP contribution >= 0.6 is 0 Å². The molecule has 0 aliphatic rings. The zero-order valence-electron chi connectivity index (χ0n) is 11.3. The largest absolute Gasteiger partial charge is 0.353 e. The topological polar surface area (TPSA) is 28.2 Å². The average Bonchev–Trinajstić information content (AvgIpc) is 2.34. The Hall–Kier alpha value is -1.35. The van der Waals surface area contributed by atoms with Gasteiger partial charge in [-0.15, -0.1) is 0 Å². The molecule has 0 spiro atoms. The first kappa shape index (κ1) is 13.7. The summed E-state index contributed by atoms with van der Waals surface area (Å²) in [5.41, 5.74) is 2.39. The molecule has 1 rings (SSSR count). The van der Waals surface area contributed by atoms with Gasteiger partial charge < -0.3 is 10.2 Å². The van der Waals surface area contributed by atoms with Crippen LogP contribution in [0.3, 0.4) is 0 Å². The van der Waals surface area contributed by atoms with Crippen LogP contribution in [0, 0.1) is 0 Å². The summed E-state index contributed by atoms with van der Waals surface area (Å²) in [5, 5.41) is 3.26. The molecular weight excluding hydrogens is 210 g/mol. The molecule has 3 heteroatoms. The SMILES string of the molecule is C=C(C)CN(CC)c1ncccc1C(C)NC. The molecule has 1 aromatic rings. The summed E-state index contributed by atoms with van der Waals surface area (Å²) in [5.74, 6) is 1.06. The van der Waals surface area contributed by atoms with Crippen molar-refractivity contribution < 1.29 is 0 Å². The molecule has 3 nitrogen and oxygen atoms in total. The Morgan fingerprint density at radius 3 is 2.82 bits per heavy atom. The Balaban J connectivity index is 3.05. The van der Waals surface area contributed by atoms with Crippen molar-refractivity contribution in [3.8, 4) is 0 Å². The van der Waals surface area contributed by atoms with E-state index in [1.807, 2.05) is 26.2 Å². The van der Waals surface area contributed by atoms with Gasteiger partial charge in [0.2, 0.25) is 0 Å². The maximum atomic E-state index is 4.52. The first-order valence-electron chi connectivity index (χ1n) is 6.11. The van der Waals surface area contributed by atoms with Gasteiger partial charge >= 0.3 is 0 Å². The standard InChI is InChI=1S/C14H23N3/c1-6-17(10-11(2)3)14-13(12(4)15-5)8-7-9-16-14/h7-9,12,15H,2,6,10H2,1,3-5H3. The van der Waals surface area contributed by atoms with Crippen LogP contribution in [0.5, 0.6) is 0 Å². The highest BCUT2D eigenvalue weighted by Crippen LogP contribution is 2.23. The van der Waals surface area contributed by atoms with E-state index in [0.29, 0.717) is 6.04 Å². The number of nitrogens with one attached hydrogen (secondary N) is 1.